The van der Waals surface area contributed by atoms with Crippen LogP contribution >= 0.6 is 15.9 Å². The summed E-state index contributed by atoms with van der Waals surface area (Å²) in [5.74, 6) is -6.25. The molecule has 0 spiro atoms. The molecule has 1 aliphatic heterocycles. The van der Waals surface area contributed by atoms with E-state index in [-0.39, 0.29) is 31.7 Å². The zero-order valence-corrected chi connectivity index (χ0v) is 16.5. The van der Waals surface area contributed by atoms with Gasteiger partial charge in [0.15, 0.2) is 17.5 Å². The Kier molecular flexibility index (Phi) is 5.78. The molecule has 3 rings (SSSR count). The Balaban J connectivity index is 1.77. The number of carbonyl (C=O) groups is 1. The fraction of sp³-hybridized carbons (Fsp3) is 0.235. The molecule has 0 saturated carbocycles. The lowest BCUT2D eigenvalue weighted by molar-refractivity contribution is 0.0696. The van der Waals surface area contributed by atoms with Crippen molar-refractivity contribution in [3.8, 4) is 0 Å². The number of piperazine rings is 1. The van der Waals surface area contributed by atoms with E-state index in [9.17, 15) is 30.8 Å². The van der Waals surface area contributed by atoms with Crippen LogP contribution in [0.5, 0.6) is 0 Å². The van der Waals surface area contributed by atoms with Gasteiger partial charge in [0, 0.05) is 30.7 Å². The lowest BCUT2D eigenvalue weighted by atomic mass is 10.2. The predicted octanol–water partition coefficient (Wildman–Crippen LogP) is 3.15. The average Bonchev–Trinajstić information content (AvgIpc) is 2.67. The molecule has 2 aromatic rings. The van der Waals surface area contributed by atoms with Crippen molar-refractivity contribution >= 4 is 31.9 Å². The van der Waals surface area contributed by atoms with Crippen LogP contribution in [-0.4, -0.2) is 49.7 Å². The molecule has 0 unspecified atom stereocenters. The molecular formula is C17H13BrF4N2O3S. The molecule has 28 heavy (non-hydrogen) atoms. The van der Waals surface area contributed by atoms with Crippen LogP contribution in [0.3, 0.4) is 0 Å². The molecule has 1 heterocycles. The Morgan fingerprint density at radius 3 is 2.21 bits per heavy atom. The van der Waals surface area contributed by atoms with Gasteiger partial charge in [-0.2, -0.15) is 4.31 Å². The first-order valence-corrected chi connectivity index (χ1v) is 10.2. The maximum absolute atomic E-state index is 13.9. The summed E-state index contributed by atoms with van der Waals surface area (Å²) in [6, 6.07) is 4.82. The molecule has 0 atom stereocenters. The molecule has 1 amide bonds. The fourth-order valence-electron chi connectivity index (χ4n) is 2.81. The molecule has 1 saturated heterocycles. The van der Waals surface area contributed by atoms with Crippen LogP contribution in [-0.2, 0) is 10.0 Å². The summed E-state index contributed by atoms with van der Waals surface area (Å²) < 4.78 is 80.1. The third kappa shape index (κ3) is 3.78. The van der Waals surface area contributed by atoms with Gasteiger partial charge in [-0.1, -0.05) is 0 Å². The summed E-state index contributed by atoms with van der Waals surface area (Å²) in [4.78, 5) is 12.9. The summed E-state index contributed by atoms with van der Waals surface area (Å²) in [5, 5.41) is 0. The maximum atomic E-state index is 13.9. The molecule has 2 aromatic carbocycles. The first kappa shape index (κ1) is 20.7. The molecule has 1 fully saturated rings. The van der Waals surface area contributed by atoms with E-state index < -0.39 is 44.1 Å². The summed E-state index contributed by atoms with van der Waals surface area (Å²) in [6.45, 7) is -0.433. The third-order valence-corrected chi connectivity index (χ3v) is 6.91. The van der Waals surface area contributed by atoms with Crippen molar-refractivity contribution in [3.63, 3.8) is 0 Å². The molecule has 11 heteroatoms. The SMILES string of the molecule is O=C(c1cc(F)ccc1Br)N1CCN(S(=O)(=O)c2ccc(F)c(F)c2F)CC1. The van der Waals surface area contributed by atoms with Crippen LogP contribution in [0.1, 0.15) is 10.4 Å². The Labute approximate surface area is 166 Å². The van der Waals surface area contributed by atoms with Gasteiger partial charge >= 0.3 is 0 Å². The second-order valence-electron chi connectivity index (χ2n) is 5.99. The van der Waals surface area contributed by atoms with Gasteiger partial charge in [0.1, 0.15) is 10.7 Å². The van der Waals surface area contributed by atoms with Gasteiger partial charge in [0.2, 0.25) is 10.0 Å². The van der Waals surface area contributed by atoms with E-state index in [0.717, 1.165) is 10.4 Å². The molecule has 0 N–H and O–H groups in total. The number of rotatable bonds is 3. The molecular weight excluding hydrogens is 468 g/mol. The zero-order valence-electron chi connectivity index (χ0n) is 14.1. The van der Waals surface area contributed by atoms with Crippen molar-refractivity contribution in [3.05, 3.63) is 63.6 Å². The standard InChI is InChI=1S/C17H13BrF4N2O3S/c18-12-2-1-10(19)9-11(12)17(25)23-5-7-24(8-6-23)28(26,27)14-4-3-13(20)15(21)16(14)22/h1-4,9H,5-8H2. The minimum atomic E-state index is -4.42. The number of hydrogen-bond donors (Lipinski definition) is 0. The molecule has 1 aliphatic rings. The smallest absolute Gasteiger partial charge is 0.255 e. The van der Waals surface area contributed by atoms with Crippen LogP contribution in [0.4, 0.5) is 17.6 Å². The number of amides is 1. The Bertz CT molecular complexity index is 1040. The van der Waals surface area contributed by atoms with Gasteiger partial charge in [0.25, 0.3) is 5.91 Å². The molecule has 0 aromatic heterocycles. The molecule has 0 bridgehead atoms. The minimum absolute atomic E-state index is 0.0354. The number of benzene rings is 2. The second kappa shape index (κ2) is 7.80. The fourth-order valence-corrected chi connectivity index (χ4v) is 4.70. The predicted molar refractivity (Wildman–Crippen MR) is 95.1 cm³/mol. The van der Waals surface area contributed by atoms with Crippen LogP contribution in [0.2, 0.25) is 0 Å². The van der Waals surface area contributed by atoms with Crippen molar-refractivity contribution in [1.82, 2.24) is 9.21 Å². The van der Waals surface area contributed by atoms with Gasteiger partial charge < -0.3 is 4.90 Å². The van der Waals surface area contributed by atoms with Crippen molar-refractivity contribution in [2.45, 2.75) is 4.90 Å². The largest absolute Gasteiger partial charge is 0.336 e. The van der Waals surface area contributed by atoms with E-state index >= 15 is 0 Å². The third-order valence-electron chi connectivity index (χ3n) is 4.30. The van der Waals surface area contributed by atoms with Gasteiger partial charge in [-0.15, -0.1) is 0 Å². The highest BCUT2D eigenvalue weighted by atomic mass is 79.9. The van der Waals surface area contributed by atoms with Gasteiger partial charge in [-0.3, -0.25) is 4.79 Å². The Morgan fingerprint density at radius 1 is 0.929 bits per heavy atom. The lowest BCUT2D eigenvalue weighted by Crippen LogP contribution is -2.50. The van der Waals surface area contributed by atoms with Crippen LogP contribution in [0, 0.1) is 23.3 Å². The molecule has 0 aliphatic carbocycles. The van der Waals surface area contributed by atoms with Crippen LogP contribution in [0.25, 0.3) is 0 Å². The highest BCUT2D eigenvalue weighted by molar-refractivity contribution is 9.10. The van der Waals surface area contributed by atoms with Crippen molar-refractivity contribution in [2.24, 2.45) is 0 Å². The number of halogens is 5. The van der Waals surface area contributed by atoms with E-state index in [2.05, 4.69) is 15.9 Å². The highest BCUT2D eigenvalue weighted by Gasteiger charge is 2.34. The lowest BCUT2D eigenvalue weighted by Gasteiger charge is -2.34. The normalized spacial score (nSPS) is 15.7. The number of hydrogen-bond acceptors (Lipinski definition) is 3. The summed E-state index contributed by atoms with van der Waals surface area (Å²) in [5.41, 5.74) is 0.0861. The van der Waals surface area contributed by atoms with E-state index in [0.29, 0.717) is 16.6 Å². The Hall–Kier alpha value is -1.98. The molecule has 5 nitrogen and oxygen atoms in total. The number of carbonyl (C=O) groups excluding carboxylic acids is 1. The van der Waals surface area contributed by atoms with E-state index in [1.54, 1.807) is 0 Å². The van der Waals surface area contributed by atoms with E-state index in [4.69, 9.17) is 0 Å². The van der Waals surface area contributed by atoms with E-state index in [1.807, 2.05) is 0 Å². The maximum Gasteiger partial charge on any atom is 0.255 e. The second-order valence-corrected chi connectivity index (χ2v) is 8.75. The Morgan fingerprint density at radius 2 is 1.57 bits per heavy atom. The van der Waals surface area contributed by atoms with Gasteiger partial charge in [0.05, 0.1) is 5.56 Å². The highest BCUT2D eigenvalue weighted by Crippen LogP contribution is 2.25. The van der Waals surface area contributed by atoms with E-state index in [1.165, 1.54) is 17.0 Å². The quantitative estimate of drug-likeness (QED) is 0.500. The van der Waals surface area contributed by atoms with Crippen molar-refractivity contribution in [2.75, 3.05) is 26.2 Å². The van der Waals surface area contributed by atoms with Crippen molar-refractivity contribution in [1.29, 1.82) is 0 Å². The monoisotopic (exact) mass is 480 g/mol. The van der Waals surface area contributed by atoms with Crippen LogP contribution < -0.4 is 0 Å². The number of sulfonamides is 1. The number of nitrogens with zero attached hydrogens (tertiary/aromatic N) is 2. The van der Waals surface area contributed by atoms with Crippen LogP contribution in [0.15, 0.2) is 39.7 Å². The summed E-state index contributed by atoms with van der Waals surface area (Å²) >= 11 is 3.16. The zero-order chi connectivity index (χ0) is 20.6. The first-order valence-electron chi connectivity index (χ1n) is 8.01. The summed E-state index contributed by atoms with van der Waals surface area (Å²) in [6.07, 6.45) is 0. The molecule has 0 radical (unpaired) electrons. The van der Waals surface area contributed by atoms with Gasteiger partial charge in [-0.05, 0) is 46.3 Å². The topological polar surface area (TPSA) is 57.7 Å². The average molecular weight is 481 g/mol. The minimum Gasteiger partial charge on any atom is -0.336 e. The molecule has 150 valence electrons. The van der Waals surface area contributed by atoms with Crippen molar-refractivity contribution < 1.29 is 30.8 Å². The first-order chi connectivity index (χ1) is 13.1. The van der Waals surface area contributed by atoms with Gasteiger partial charge in [-0.25, -0.2) is 26.0 Å². The summed E-state index contributed by atoms with van der Waals surface area (Å²) in [7, 11) is -4.42.